The molecule has 0 radical (unpaired) electrons. The molecule has 100 valence electrons. The Hall–Kier alpha value is -1.83. The molecule has 0 amide bonds. The van der Waals surface area contributed by atoms with Crippen molar-refractivity contribution in [1.82, 2.24) is 9.97 Å². The fourth-order valence-electron chi connectivity index (χ4n) is 2.23. The van der Waals surface area contributed by atoms with Crippen LogP contribution in [-0.4, -0.2) is 9.97 Å². The maximum atomic E-state index is 4.18. The lowest BCUT2D eigenvalue weighted by Gasteiger charge is -2.07. The zero-order valence-corrected chi connectivity index (χ0v) is 12.0. The van der Waals surface area contributed by atoms with Gasteiger partial charge in [-0.3, -0.25) is 0 Å². The summed E-state index contributed by atoms with van der Waals surface area (Å²) in [5.74, 6) is 0.968. The van der Waals surface area contributed by atoms with Crippen LogP contribution in [0.4, 0.5) is 0 Å². The van der Waals surface area contributed by atoms with Gasteiger partial charge in [0.25, 0.3) is 0 Å². The van der Waals surface area contributed by atoms with Gasteiger partial charge in [-0.15, -0.1) is 0 Å². The van der Waals surface area contributed by atoms with Gasteiger partial charge >= 0.3 is 0 Å². The Morgan fingerprint density at radius 1 is 1.21 bits per heavy atom. The minimum absolute atomic E-state index is 0.968. The normalized spacial score (nSPS) is 11.3. The van der Waals surface area contributed by atoms with Crippen LogP contribution in [0.5, 0.6) is 0 Å². The predicted molar refractivity (Wildman–Crippen MR) is 81.2 cm³/mol. The largest absolute Gasteiger partial charge is 0.343 e. The highest BCUT2D eigenvalue weighted by molar-refractivity contribution is 5.43. The van der Waals surface area contributed by atoms with Gasteiger partial charge in [-0.1, -0.05) is 24.3 Å². The van der Waals surface area contributed by atoms with Crippen LogP contribution < -0.4 is 0 Å². The lowest BCUT2D eigenvalue weighted by atomic mass is 9.99. The van der Waals surface area contributed by atoms with Gasteiger partial charge in [-0.2, -0.15) is 0 Å². The number of unbranched alkanes of at least 4 members (excludes halogenated alkanes) is 1. The third-order valence-corrected chi connectivity index (χ3v) is 3.55. The summed E-state index contributed by atoms with van der Waals surface area (Å²) < 4.78 is 0. The highest BCUT2D eigenvalue weighted by Crippen LogP contribution is 2.15. The molecular weight excluding hydrogens is 232 g/mol. The van der Waals surface area contributed by atoms with Crippen molar-refractivity contribution in [3.05, 3.63) is 58.7 Å². The van der Waals surface area contributed by atoms with Crippen molar-refractivity contribution in [2.24, 2.45) is 0 Å². The molecule has 2 nitrogen and oxygen atoms in total. The van der Waals surface area contributed by atoms with E-state index >= 15 is 0 Å². The Balaban J connectivity index is 1.81. The fourth-order valence-corrected chi connectivity index (χ4v) is 2.23. The molecule has 0 unspecified atom stereocenters. The molecule has 0 bridgehead atoms. The van der Waals surface area contributed by atoms with Crippen LogP contribution in [0.3, 0.4) is 0 Å². The number of hydrogen-bond donors (Lipinski definition) is 1. The standard InChI is InChI=1S/C17H22N2/c1-13-8-7-10-16(14(13)2)9-5-4-6-11-17-12-18-15(3)19-17/h6-8,10-12H,4-5,9H2,1-3H3,(H,18,19). The number of allylic oxidation sites excluding steroid dienone is 1. The molecule has 1 aromatic carbocycles. The highest BCUT2D eigenvalue weighted by Gasteiger charge is 1.99. The molecule has 2 rings (SSSR count). The number of aryl methyl sites for hydroxylation is 3. The van der Waals surface area contributed by atoms with Gasteiger partial charge in [-0.25, -0.2) is 4.98 Å². The molecule has 0 aliphatic rings. The lowest BCUT2D eigenvalue weighted by Crippen LogP contribution is -1.91. The number of nitrogens with zero attached hydrogens (tertiary/aromatic N) is 1. The lowest BCUT2D eigenvalue weighted by molar-refractivity contribution is 0.838. The predicted octanol–water partition coefficient (Wildman–Crippen LogP) is 4.37. The van der Waals surface area contributed by atoms with E-state index in [0.717, 1.165) is 24.4 Å². The van der Waals surface area contributed by atoms with Crippen LogP contribution in [0.25, 0.3) is 6.08 Å². The van der Waals surface area contributed by atoms with Gasteiger partial charge in [0.05, 0.1) is 11.9 Å². The van der Waals surface area contributed by atoms with E-state index in [1.54, 1.807) is 0 Å². The maximum absolute atomic E-state index is 4.18. The van der Waals surface area contributed by atoms with Crippen LogP contribution in [0.15, 0.2) is 30.5 Å². The molecule has 1 aromatic heterocycles. The quantitative estimate of drug-likeness (QED) is 0.788. The van der Waals surface area contributed by atoms with Crippen LogP contribution in [0, 0.1) is 20.8 Å². The number of hydrogen-bond acceptors (Lipinski definition) is 1. The van der Waals surface area contributed by atoms with E-state index in [9.17, 15) is 0 Å². The number of rotatable bonds is 5. The van der Waals surface area contributed by atoms with E-state index in [4.69, 9.17) is 0 Å². The maximum Gasteiger partial charge on any atom is 0.103 e. The first-order valence-electron chi connectivity index (χ1n) is 6.90. The molecule has 19 heavy (non-hydrogen) atoms. The Morgan fingerprint density at radius 2 is 2.05 bits per heavy atom. The number of aromatic amines is 1. The van der Waals surface area contributed by atoms with E-state index in [-0.39, 0.29) is 0 Å². The third-order valence-electron chi connectivity index (χ3n) is 3.55. The van der Waals surface area contributed by atoms with Crippen molar-refractivity contribution in [2.45, 2.75) is 40.0 Å². The molecule has 0 aliphatic carbocycles. The highest BCUT2D eigenvalue weighted by atomic mass is 14.9. The first-order chi connectivity index (χ1) is 9.16. The Morgan fingerprint density at radius 3 is 2.79 bits per heavy atom. The van der Waals surface area contributed by atoms with Crippen molar-refractivity contribution in [3.8, 4) is 0 Å². The number of benzene rings is 1. The molecule has 0 fully saturated rings. The average Bonchev–Trinajstić information content (AvgIpc) is 2.80. The Kier molecular flexibility index (Phi) is 4.56. The van der Waals surface area contributed by atoms with Crippen molar-refractivity contribution in [1.29, 1.82) is 0 Å². The van der Waals surface area contributed by atoms with Crippen molar-refractivity contribution >= 4 is 6.08 Å². The van der Waals surface area contributed by atoms with Crippen molar-refractivity contribution < 1.29 is 0 Å². The smallest absolute Gasteiger partial charge is 0.103 e. The van der Waals surface area contributed by atoms with Crippen molar-refractivity contribution in [2.75, 3.05) is 0 Å². The second-order valence-electron chi connectivity index (χ2n) is 5.08. The van der Waals surface area contributed by atoms with Gasteiger partial charge in [-0.05, 0) is 62.8 Å². The van der Waals surface area contributed by atoms with Gasteiger partial charge in [0.1, 0.15) is 5.82 Å². The zero-order valence-electron chi connectivity index (χ0n) is 12.0. The molecular formula is C17H22N2. The van der Waals surface area contributed by atoms with E-state index in [2.05, 4.69) is 54.2 Å². The Bertz CT molecular complexity index is 564. The minimum atomic E-state index is 0.968. The summed E-state index contributed by atoms with van der Waals surface area (Å²) in [6.45, 7) is 6.37. The molecule has 2 heteroatoms. The first kappa shape index (κ1) is 13.6. The molecule has 0 atom stereocenters. The Labute approximate surface area is 115 Å². The van der Waals surface area contributed by atoms with Crippen LogP contribution in [0.2, 0.25) is 0 Å². The molecule has 2 aromatic rings. The van der Waals surface area contributed by atoms with E-state index in [1.165, 1.54) is 23.1 Å². The SMILES string of the molecule is Cc1ncc(C=CCCCc2cccc(C)c2C)[nH]1. The van der Waals surface area contributed by atoms with Crippen LogP contribution in [0.1, 0.15) is 41.1 Å². The number of H-pyrrole nitrogens is 1. The average molecular weight is 254 g/mol. The topological polar surface area (TPSA) is 28.7 Å². The van der Waals surface area contributed by atoms with E-state index < -0.39 is 0 Å². The van der Waals surface area contributed by atoms with E-state index in [0.29, 0.717) is 0 Å². The van der Waals surface area contributed by atoms with Gasteiger partial charge in [0.15, 0.2) is 0 Å². The molecule has 1 heterocycles. The molecule has 1 N–H and O–H groups in total. The minimum Gasteiger partial charge on any atom is -0.343 e. The second kappa shape index (κ2) is 6.37. The van der Waals surface area contributed by atoms with Gasteiger partial charge in [0.2, 0.25) is 0 Å². The van der Waals surface area contributed by atoms with Crippen molar-refractivity contribution in [3.63, 3.8) is 0 Å². The second-order valence-corrected chi connectivity index (χ2v) is 5.08. The van der Waals surface area contributed by atoms with Crippen LogP contribution in [-0.2, 0) is 6.42 Å². The summed E-state index contributed by atoms with van der Waals surface area (Å²) in [6, 6.07) is 6.57. The van der Waals surface area contributed by atoms with Crippen LogP contribution >= 0.6 is 0 Å². The summed E-state index contributed by atoms with van der Waals surface area (Å²) >= 11 is 0. The molecule has 0 saturated heterocycles. The third kappa shape index (κ3) is 3.82. The van der Waals surface area contributed by atoms with Gasteiger partial charge in [0, 0.05) is 0 Å². The summed E-state index contributed by atoms with van der Waals surface area (Å²) in [7, 11) is 0. The molecule has 0 spiro atoms. The van der Waals surface area contributed by atoms with Gasteiger partial charge < -0.3 is 4.98 Å². The number of aromatic nitrogens is 2. The summed E-state index contributed by atoms with van der Waals surface area (Å²) in [6.07, 6.45) is 9.65. The monoisotopic (exact) mass is 254 g/mol. The summed E-state index contributed by atoms with van der Waals surface area (Å²) in [5.41, 5.74) is 5.40. The first-order valence-corrected chi connectivity index (χ1v) is 6.90. The van der Waals surface area contributed by atoms with E-state index in [1.807, 2.05) is 13.1 Å². The number of imidazole rings is 1. The molecule has 0 saturated carbocycles. The fraction of sp³-hybridized carbons (Fsp3) is 0.353. The summed E-state index contributed by atoms with van der Waals surface area (Å²) in [5, 5.41) is 0. The molecule has 0 aliphatic heterocycles. The number of nitrogens with one attached hydrogen (secondary N) is 1. The summed E-state index contributed by atoms with van der Waals surface area (Å²) in [4.78, 5) is 7.38. The zero-order chi connectivity index (χ0) is 13.7.